The molecule has 164 valence electrons. The highest BCUT2D eigenvalue weighted by molar-refractivity contribution is 7.89. The molecule has 1 aliphatic rings. The number of hydrogen-bond acceptors (Lipinski definition) is 4. The average Bonchev–Trinajstić information content (AvgIpc) is 2.74. The zero-order valence-electron chi connectivity index (χ0n) is 17.9. The maximum absolute atomic E-state index is 13.5. The molecular weight excluding hydrogens is 403 g/mol. The van der Waals surface area contributed by atoms with Gasteiger partial charge in [0.25, 0.3) is 0 Å². The lowest BCUT2D eigenvalue weighted by atomic mass is 10.0. The predicted octanol–water partition coefficient (Wildman–Crippen LogP) is 4.11. The fourth-order valence-electron chi connectivity index (χ4n) is 3.87. The lowest BCUT2D eigenvalue weighted by Crippen LogP contribution is -2.46. The molecule has 1 aliphatic heterocycles. The maximum Gasteiger partial charge on any atom is 0.243 e. The Morgan fingerprint density at radius 2 is 1.83 bits per heavy atom. The van der Waals surface area contributed by atoms with E-state index >= 15 is 0 Å². The molecule has 5 nitrogen and oxygen atoms in total. The monoisotopic (exact) mass is 434 g/mol. The molecule has 3 rings (SSSR count). The fourth-order valence-corrected chi connectivity index (χ4v) is 5.32. The quantitative estimate of drug-likeness (QED) is 0.627. The molecule has 1 fully saturated rings. The molecule has 2 aromatic rings. The number of benzene rings is 2. The van der Waals surface area contributed by atoms with Crippen LogP contribution in [0.2, 0.25) is 0 Å². The molecule has 0 bridgehead atoms. The third-order valence-corrected chi connectivity index (χ3v) is 7.66. The molecule has 2 aromatic carbocycles. The summed E-state index contributed by atoms with van der Waals surface area (Å²) in [5.74, 6) is 0.800. The summed E-state index contributed by atoms with van der Waals surface area (Å²) in [4.78, 5) is 2.31. The van der Waals surface area contributed by atoms with Crippen LogP contribution in [0, 0.1) is 5.82 Å². The number of para-hydroxylation sites is 1. The van der Waals surface area contributed by atoms with Crippen molar-refractivity contribution in [3.05, 3.63) is 59.9 Å². The molecular formula is C23H31FN2O3S. The lowest BCUT2D eigenvalue weighted by molar-refractivity contribution is 0.146. The average molecular weight is 435 g/mol. The third kappa shape index (κ3) is 5.39. The molecule has 0 spiro atoms. The van der Waals surface area contributed by atoms with Crippen LogP contribution in [0.25, 0.3) is 0 Å². The zero-order chi connectivity index (χ0) is 21.7. The first kappa shape index (κ1) is 22.7. The van der Waals surface area contributed by atoms with Crippen molar-refractivity contribution in [2.75, 3.05) is 33.3 Å². The summed E-state index contributed by atoms with van der Waals surface area (Å²) in [7, 11) is -2.10. The Morgan fingerprint density at radius 3 is 2.50 bits per heavy atom. The van der Waals surface area contributed by atoms with Crippen LogP contribution in [0.4, 0.5) is 4.39 Å². The topological polar surface area (TPSA) is 49.9 Å². The number of halogens is 1. The molecule has 0 N–H and O–H groups in total. The van der Waals surface area contributed by atoms with Crippen LogP contribution >= 0.6 is 0 Å². The molecule has 0 atom stereocenters. The van der Waals surface area contributed by atoms with Crippen molar-refractivity contribution in [3.8, 4) is 5.75 Å². The van der Waals surface area contributed by atoms with Gasteiger partial charge in [-0.3, -0.25) is 4.90 Å². The van der Waals surface area contributed by atoms with Crippen LogP contribution in [-0.2, 0) is 10.0 Å². The fraction of sp³-hybridized carbons (Fsp3) is 0.478. The Balaban J connectivity index is 1.50. The van der Waals surface area contributed by atoms with Crippen LogP contribution in [0.5, 0.6) is 5.75 Å². The molecule has 0 aliphatic carbocycles. The molecule has 0 radical (unpaired) electrons. The third-order valence-electron chi connectivity index (χ3n) is 5.75. The largest absolute Gasteiger partial charge is 0.492 e. The van der Waals surface area contributed by atoms with Gasteiger partial charge in [-0.05, 0) is 61.7 Å². The van der Waals surface area contributed by atoms with Crippen LogP contribution in [-0.4, -0.2) is 57.0 Å². The van der Waals surface area contributed by atoms with Gasteiger partial charge in [-0.1, -0.05) is 38.1 Å². The summed E-state index contributed by atoms with van der Waals surface area (Å²) < 4.78 is 46.5. The number of nitrogens with zero attached hydrogens (tertiary/aromatic N) is 2. The predicted molar refractivity (Wildman–Crippen MR) is 117 cm³/mol. The van der Waals surface area contributed by atoms with Crippen molar-refractivity contribution in [3.63, 3.8) is 0 Å². The zero-order valence-corrected chi connectivity index (χ0v) is 18.7. The molecule has 1 heterocycles. The second kappa shape index (κ2) is 9.90. The van der Waals surface area contributed by atoms with E-state index in [4.69, 9.17) is 4.74 Å². The Bertz CT molecular complexity index is 941. The van der Waals surface area contributed by atoms with Crippen molar-refractivity contribution in [1.82, 2.24) is 9.21 Å². The second-order valence-corrected chi connectivity index (χ2v) is 10.1. The van der Waals surface area contributed by atoms with Crippen LogP contribution < -0.4 is 4.74 Å². The van der Waals surface area contributed by atoms with E-state index in [2.05, 4.69) is 24.8 Å². The van der Waals surface area contributed by atoms with Crippen LogP contribution in [0.15, 0.2) is 53.4 Å². The summed E-state index contributed by atoms with van der Waals surface area (Å²) in [5, 5.41) is 0. The number of hydrogen-bond donors (Lipinski definition) is 0. The highest BCUT2D eigenvalue weighted by Crippen LogP contribution is 2.26. The highest BCUT2D eigenvalue weighted by Gasteiger charge is 2.31. The van der Waals surface area contributed by atoms with Crippen molar-refractivity contribution < 1.29 is 17.5 Å². The minimum atomic E-state index is -3.69. The normalized spacial score (nSPS) is 16.3. The van der Waals surface area contributed by atoms with Crippen molar-refractivity contribution >= 4 is 10.0 Å². The SMILES string of the molecule is CC(C)c1ccccc1OCCN1CCC(N(C)S(=O)(=O)c2cccc(F)c2)CC1. The molecule has 1 saturated heterocycles. The van der Waals surface area contributed by atoms with E-state index in [-0.39, 0.29) is 10.9 Å². The number of likely N-dealkylation sites (tertiary alicyclic amines) is 1. The minimum Gasteiger partial charge on any atom is -0.492 e. The molecule has 0 aromatic heterocycles. The number of sulfonamides is 1. The number of piperidine rings is 1. The molecule has 0 saturated carbocycles. The van der Waals surface area contributed by atoms with Crippen LogP contribution in [0.3, 0.4) is 0 Å². The summed E-state index contributed by atoms with van der Waals surface area (Å²) >= 11 is 0. The number of ether oxygens (including phenoxy) is 1. The van der Waals surface area contributed by atoms with E-state index in [0.29, 0.717) is 12.5 Å². The van der Waals surface area contributed by atoms with E-state index in [1.54, 1.807) is 7.05 Å². The second-order valence-electron chi connectivity index (χ2n) is 8.09. The van der Waals surface area contributed by atoms with E-state index in [9.17, 15) is 12.8 Å². The van der Waals surface area contributed by atoms with Gasteiger partial charge in [0, 0.05) is 19.6 Å². The van der Waals surface area contributed by atoms with Crippen molar-refractivity contribution in [1.29, 1.82) is 0 Å². The standard InChI is InChI=1S/C23H31FN2O3S/c1-18(2)22-9-4-5-10-23(22)29-16-15-26-13-11-20(12-14-26)25(3)30(27,28)21-8-6-7-19(24)17-21/h4-10,17-18,20H,11-16H2,1-3H3. The Labute approximate surface area is 179 Å². The van der Waals surface area contributed by atoms with E-state index in [0.717, 1.165) is 44.3 Å². The maximum atomic E-state index is 13.5. The smallest absolute Gasteiger partial charge is 0.243 e. The summed E-state index contributed by atoms with van der Waals surface area (Å²) in [6.07, 6.45) is 1.49. The van der Waals surface area contributed by atoms with Gasteiger partial charge < -0.3 is 4.74 Å². The minimum absolute atomic E-state index is 0.00430. The Morgan fingerprint density at radius 1 is 1.13 bits per heavy atom. The first-order valence-corrected chi connectivity index (χ1v) is 11.9. The first-order valence-electron chi connectivity index (χ1n) is 10.5. The highest BCUT2D eigenvalue weighted by atomic mass is 32.2. The van der Waals surface area contributed by atoms with Crippen molar-refractivity contribution in [2.45, 2.75) is 43.5 Å². The summed E-state index contributed by atoms with van der Waals surface area (Å²) in [5.41, 5.74) is 1.21. The first-order chi connectivity index (χ1) is 14.3. The van der Waals surface area contributed by atoms with Gasteiger partial charge in [-0.15, -0.1) is 0 Å². The van der Waals surface area contributed by atoms with Gasteiger partial charge in [0.15, 0.2) is 0 Å². The van der Waals surface area contributed by atoms with Gasteiger partial charge in [0.05, 0.1) is 4.90 Å². The lowest BCUT2D eigenvalue weighted by Gasteiger charge is -2.36. The number of rotatable bonds is 8. The van der Waals surface area contributed by atoms with E-state index in [1.165, 1.54) is 28.1 Å². The van der Waals surface area contributed by atoms with Crippen molar-refractivity contribution in [2.24, 2.45) is 0 Å². The molecule has 30 heavy (non-hydrogen) atoms. The van der Waals surface area contributed by atoms with Crippen LogP contribution in [0.1, 0.15) is 38.2 Å². The molecule has 0 amide bonds. The Kier molecular flexibility index (Phi) is 7.50. The van der Waals surface area contributed by atoms with Gasteiger partial charge in [-0.25, -0.2) is 12.8 Å². The van der Waals surface area contributed by atoms with Gasteiger partial charge >= 0.3 is 0 Å². The van der Waals surface area contributed by atoms with E-state index in [1.807, 2.05) is 18.2 Å². The summed E-state index contributed by atoms with van der Waals surface area (Å²) in [6, 6.07) is 13.2. The molecule has 0 unspecified atom stereocenters. The Hall–Kier alpha value is -1.96. The van der Waals surface area contributed by atoms with Gasteiger partial charge in [0.1, 0.15) is 18.2 Å². The summed E-state index contributed by atoms with van der Waals surface area (Å²) in [6.45, 7) is 7.33. The molecule has 7 heteroatoms. The van der Waals surface area contributed by atoms with Gasteiger partial charge in [0.2, 0.25) is 10.0 Å². The van der Waals surface area contributed by atoms with E-state index < -0.39 is 15.8 Å². The van der Waals surface area contributed by atoms with Gasteiger partial charge in [-0.2, -0.15) is 4.31 Å².